The maximum Gasteiger partial charge on any atom is 0.256 e. The first kappa shape index (κ1) is 11.8. The van der Waals surface area contributed by atoms with Crippen LogP contribution >= 0.6 is 0 Å². The molecule has 0 saturated carbocycles. The van der Waals surface area contributed by atoms with Crippen LogP contribution in [0.3, 0.4) is 0 Å². The number of carbonyl (C=O) groups excluding carboxylic acids is 2. The molecular formula is C12H12N4O2. The molecule has 92 valence electrons. The van der Waals surface area contributed by atoms with Crippen molar-refractivity contribution < 1.29 is 9.59 Å². The fourth-order valence-electron chi connectivity index (χ4n) is 1.48. The smallest absolute Gasteiger partial charge is 0.256 e. The molecule has 0 radical (unpaired) electrons. The van der Waals surface area contributed by atoms with Gasteiger partial charge in [-0.15, -0.1) is 0 Å². The monoisotopic (exact) mass is 244 g/mol. The van der Waals surface area contributed by atoms with Crippen LogP contribution < -0.4 is 11.1 Å². The van der Waals surface area contributed by atoms with Gasteiger partial charge in [0.1, 0.15) is 0 Å². The van der Waals surface area contributed by atoms with Crippen molar-refractivity contribution in [1.29, 1.82) is 0 Å². The second kappa shape index (κ2) is 4.70. The van der Waals surface area contributed by atoms with E-state index in [1.807, 2.05) is 0 Å². The van der Waals surface area contributed by atoms with Crippen LogP contribution in [0.25, 0.3) is 0 Å². The highest BCUT2D eigenvalue weighted by Gasteiger charge is 2.09. The topological polar surface area (TPSA) is 90.0 Å². The third-order valence-electron chi connectivity index (χ3n) is 2.36. The van der Waals surface area contributed by atoms with Crippen molar-refractivity contribution in [2.45, 2.75) is 0 Å². The number of benzene rings is 1. The number of carbonyl (C=O) groups is 2. The van der Waals surface area contributed by atoms with Gasteiger partial charge in [0, 0.05) is 30.4 Å². The number of nitrogens with two attached hydrogens (primary N) is 1. The number of aryl methyl sites for hydroxylation is 1. The fourth-order valence-corrected chi connectivity index (χ4v) is 1.48. The van der Waals surface area contributed by atoms with Crippen LogP contribution in [0.2, 0.25) is 0 Å². The number of aromatic nitrogens is 2. The largest absolute Gasteiger partial charge is 0.366 e. The quantitative estimate of drug-likeness (QED) is 0.835. The number of amides is 2. The average Bonchev–Trinajstić information content (AvgIpc) is 2.75. The van der Waals surface area contributed by atoms with E-state index in [0.717, 1.165) is 0 Å². The Labute approximate surface area is 103 Å². The molecule has 2 aromatic rings. The maximum absolute atomic E-state index is 11.9. The van der Waals surface area contributed by atoms with Crippen molar-refractivity contribution >= 4 is 17.6 Å². The summed E-state index contributed by atoms with van der Waals surface area (Å²) in [5.74, 6) is -0.453. The number of anilines is 1. The van der Waals surface area contributed by atoms with Gasteiger partial charge in [0.05, 0.1) is 0 Å². The van der Waals surface area contributed by atoms with E-state index in [-0.39, 0.29) is 5.91 Å². The van der Waals surface area contributed by atoms with E-state index in [1.54, 1.807) is 42.2 Å². The van der Waals surface area contributed by atoms with Crippen molar-refractivity contribution in [2.24, 2.45) is 12.8 Å². The van der Waals surface area contributed by atoms with E-state index in [4.69, 9.17) is 5.73 Å². The summed E-state index contributed by atoms with van der Waals surface area (Å²) < 4.78 is 1.58. The molecule has 0 unspecified atom stereocenters. The van der Waals surface area contributed by atoms with Gasteiger partial charge in [0.2, 0.25) is 5.91 Å². The van der Waals surface area contributed by atoms with Gasteiger partial charge in [-0.3, -0.25) is 14.3 Å². The van der Waals surface area contributed by atoms with Crippen molar-refractivity contribution in [1.82, 2.24) is 9.78 Å². The molecule has 0 aliphatic carbocycles. The van der Waals surface area contributed by atoms with Gasteiger partial charge in [-0.25, -0.2) is 0 Å². The predicted octanol–water partition coefficient (Wildman–Crippen LogP) is 0.771. The average molecular weight is 244 g/mol. The molecular weight excluding hydrogens is 232 g/mol. The van der Waals surface area contributed by atoms with Crippen molar-refractivity contribution in [3.8, 4) is 0 Å². The summed E-state index contributed by atoms with van der Waals surface area (Å²) in [5.41, 5.74) is 5.81. The SMILES string of the molecule is Cn1ccc(NC(=O)c2cccc(C(N)=O)c2)n1. The van der Waals surface area contributed by atoms with Crippen molar-refractivity contribution in [3.63, 3.8) is 0 Å². The van der Waals surface area contributed by atoms with Crippen LogP contribution in [0.1, 0.15) is 20.7 Å². The molecule has 6 heteroatoms. The first-order valence-electron chi connectivity index (χ1n) is 5.27. The van der Waals surface area contributed by atoms with Crippen LogP contribution in [0.4, 0.5) is 5.82 Å². The Hall–Kier alpha value is -2.63. The number of hydrogen-bond acceptors (Lipinski definition) is 3. The summed E-state index contributed by atoms with van der Waals surface area (Å²) >= 11 is 0. The molecule has 2 rings (SSSR count). The van der Waals surface area contributed by atoms with E-state index in [1.165, 1.54) is 6.07 Å². The minimum absolute atomic E-state index is 0.295. The first-order chi connectivity index (χ1) is 8.56. The van der Waals surface area contributed by atoms with Crippen LogP contribution in [-0.4, -0.2) is 21.6 Å². The maximum atomic E-state index is 11.9. The van der Waals surface area contributed by atoms with E-state index in [0.29, 0.717) is 16.9 Å². The molecule has 18 heavy (non-hydrogen) atoms. The highest BCUT2D eigenvalue weighted by Crippen LogP contribution is 2.08. The number of hydrogen-bond donors (Lipinski definition) is 2. The standard InChI is InChI=1S/C12H12N4O2/c1-16-6-5-10(15-16)14-12(18)9-4-2-3-8(7-9)11(13)17/h2-7H,1H3,(H2,13,17)(H,14,15,18). The molecule has 0 atom stereocenters. The summed E-state index contributed by atoms with van der Waals surface area (Å²) in [6.45, 7) is 0. The van der Waals surface area contributed by atoms with Gasteiger partial charge in [-0.1, -0.05) is 6.07 Å². The normalized spacial score (nSPS) is 10.1. The molecule has 2 amide bonds. The zero-order chi connectivity index (χ0) is 13.1. The highest BCUT2D eigenvalue weighted by molar-refractivity contribution is 6.05. The summed E-state index contributed by atoms with van der Waals surface area (Å²) in [6.07, 6.45) is 1.72. The van der Waals surface area contributed by atoms with Crippen LogP contribution in [0.5, 0.6) is 0 Å². The molecule has 3 N–H and O–H groups in total. The molecule has 0 fully saturated rings. The van der Waals surface area contributed by atoms with Crippen LogP contribution in [0, 0.1) is 0 Å². The van der Waals surface area contributed by atoms with E-state index in [9.17, 15) is 9.59 Å². The zero-order valence-electron chi connectivity index (χ0n) is 9.75. The Kier molecular flexibility index (Phi) is 3.09. The number of nitrogens with zero attached hydrogens (tertiary/aromatic N) is 2. The molecule has 0 aliphatic rings. The Morgan fingerprint density at radius 1 is 1.28 bits per heavy atom. The molecule has 0 spiro atoms. The van der Waals surface area contributed by atoms with Crippen molar-refractivity contribution in [2.75, 3.05) is 5.32 Å². The molecule has 0 aliphatic heterocycles. The van der Waals surface area contributed by atoms with Crippen LogP contribution in [0.15, 0.2) is 36.5 Å². The second-order valence-electron chi connectivity index (χ2n) is 3.77. The zero-order valence-corrected chi connectivity index (χ0v) is 9.75. The summed E-state index contributed by atoms with van der Waals surface area (Å²) in [7, 11) is 1.75. The van der Waals surface area contributed by atoms with E-state index in [2.05, 4.69) is 10.4 Å². The van der Waals surface area contributed by atoms with E-state index < -0.39 is 5.91 Å². The van der Waals surface area contributed by atoms with Crippen LogP contribution in [-0.2, 0) is 7.05 Å². The van der Waals surface area contributed by atoms with Gasteiger partial charge >= 0.3 is 0 Å². The lowest BCUT2D eigenvalue weighted by Gasteiger charge is -2.03. The lowest BCUT2D eigenvalue weighted by atomic mass is 10.1. The third kappa shape index (κ3) is 2.54. The highest BCUT2D eigenvalue weighted by atomic mass is 16.2. The van der Waals surface area contributed by atoms with Crippen molar-refractivity contribution in [3.05, 3.63) is 47.7 Å². The predicted molar refractivity (Wildman–Crippen MR) is 66.1 cm³/mol. The number of primary amides is 1. The summed E-state index contributed by atoms with van der Waals surface area (Å²) in [4.78, 5) is 22.9. The Balaban J connectivity index is 2.18. The third-order valence-corrected chi connectivity index (χ3v) is 2.36. The minimum Gasteiger partial charge on any atom is -0.366 e. The number of rotatable bonds is 3. The van der Waals surface area contributed by atoms with E-state index >= 15 is 0 Å². The van der Waals surface area contributed by atoms with Gasteiger partial charge in [-0.05, 0) is 18.2 Å². The van der Waals surface area contributed by atoms with Gasteiger partial charge in [0.25, 0.3) is 5.91 Å². The molecule has 6 nitrogen and oxygen atoms in total. The summed E-state index contributed by atoms with van der Waals surface area (Å²) in [6, 6.07) is 7.88. The first-order valence-corrected chi connectivity index (χ1v) is 5.27. The second-order valence-corrected chi connectivity index (χ2v) is 3.77. The minimum atomic E-state index is -0.567. The molecule has 0 saturated heterocycles. The Bertz CT molecular complexity index is 604. The molecule has 1 heterocycles. The van der Waals surface area contributed by atoms with Gasteiger partial charge < -0.3 is 11.1 Å². The lowest BCUT2D eigenvalue weighted by Crippen LogP contribution is -2.15. The molecule has 1 aromatic carbocycles. The number of nitrogens with one attached hydrogen (secondary N) is 1. The molecule has 1 aromatic heterocycles. The summed E-state index contributed by atoms with van der Waals surface area (Å²) in [5, 5.41) is 6.65. The fraction of sp³-hybridized carbons (Fsp3) is 0.0833. The Morgan fingerprint density at radius 2 is 2.00 bits per heavy atom. The molecule has 0 bridgehead atoms. The lowest BCUT2D eigenvalue weighted by molar-refractivity contribution is 0.1000. The van der Waals surface area contributed by atoms with Gasteiger partial charge in [-0.2, -0.15) is 5.10 Å². The Morgan fingerprint density at radius 3 is 2.61 bits per heavy atom. The van der Waals surface area contributed by atoms with Gasteiger partial charge in [0.15, 0.2) is 5.82 Å².